The van der Waals surface area contributed by atoms with Crippen LogP contribution in [0.5, 0.6) is 0 Å². The van der Waals surface area contributed by atoms with E-state index in [4.69, 9.17) is 9.41 Å². The van der Waals surface area contributed by atoms with E-state index < -0.39 is 0 Å². The van der Waals surface area contributed by atoms with E-state index in [9.17, 15) is 0 Å². The molecule has 0 spiro atoms. The largest absolute Gasteiger partial charge is 0.456 e. The summed E-state index contributed by atoms with van der Waals surface area (Å²) in [6.45, 7) is 0. The van der Waals surface area contributed by atoms with Gasteiger partial charge in [-0.3, -0.25) is 4.99 Å². The minimum absolute atomic E-state index is 0.812. The van der Waals surface area contributed by atoms with Crippen molar-refractivity contribution in [3.8, 4) is 22.3 Å². The maximum atomic E-state index is 6.30. The molecular formula is C40H29NO. The highest BCUT2D eigenvalue weighted by Gasteiger charge is 2.12. The number of hydrogen-bond acceptors (Lipinski definition) is 2. The van der Waals surface area contributed by atoms with E-state index in [2.05, 4.69) is 127 Å². The van der Waals surface area contributed by atoms with Crippen molar-refractivity contribution < 1.29 is 4.42 Å². The zero-order chi connectivity index (χ0) is 28.1. The van der Waals surface area contributed by atoms with Crippen LogP contribution in [0.1, 0.15) is 16.7 Å². The lowest BCUT2D eigenvalue weighted by Gasteiger charge is -2.07. The summed E-state index contributed by atoms with van der Waals surface area (Å²) in [4.78, 5) is 5.04. The van der Waals surface area contributed by atoms with Crippen molar-refractivity contribution in [2.45, 2.75) is 6.42 Å². The second kappa shape index (κ2) is 11.6. The third-order valence-corrected chi connectivity index (χ3v) is 7.62. The molecule has 2 heteroatoms. The highest BCUT2D eigenvalue weighted by molar-refractivity contribution is 6.14. The molecule has 6 aromatic carbocycles. The van der Waals surface area contributed by atoms with Gasteiger partial charge >= 0.3 is 0 Å². The Kier molecular flexibility index (Phi) is 7.02. The second-order valence-electron chi connectivity index (χ2n) is 10.4. The first kappa shape index (κ1) is 25.5. The maximum absolute atomic E-state index is 6.30. The number of aliphatic imine (C=N–C) groups is 1. The molecule has 0 fully saturated rings. The fraction of sp³-hybridized carbons (Fsp3) is 0.0250. The molecule has 0 saturated heterocycles. The molecule has 1 heterocycles. The number of rotatable bonds is 7. The van der Waals surface area contributed by atoms with E-state index in [0.717, 1.165) is 50.7 Å². The minimum atomic E-state index is 0.812. The van der Waals surface area contributed by atoms with Crippen molar-refractivity contribution in [3.63, 3.8) is 0 Å². The van der Waals surface area contributed by atoms with Crippen LogP contribution in [0.2, 0.25) is 0 Å². The van der Waals surface area contributed by atoms with Gasteiger partial charge in [0, 0.05) is 22.6 Å². The number of nitrogens with zero attached hydrogens (tertiary/aromatic N) is 1. The average Bonchev–Trinajstić information content (AvgIpc) is 3.45. The Balaban J connectivity index is 1.29. The van der Waals surface area contributed by atoms with Crippen molar-refractivity contribution in [2.75, 3.05) is 0 Å². The number of benzene rings is 6. The molecule has 0 aliphatic rings. The molecule has 2 nitrogen and oxygen atoms in total. The molecule has 0 atom stereocenters. The first-order chi connectivity index (χ1) is 20.8. The summed E-state index contributed by atoms with van der Waals surface area (Å²) in [6, 6.07) is 52.7. The number of furan rings is 1. The van der Waals surface area contributed by atoms with Crippen LogP contribution in [-0.2, 0) is 6.42 Å². The van der Waals surface area contributed by atoms with Gasteiger partial charge in [-0.1, -0.05) is 133 Å². The van der Waals surface area contributed by atoms with E-state index in [1.165, 1.54) is 22.3 Å². The number of hydrogen-bond donors (Lipinski definition) is 0. The molecule has 7 rings (SSSR count). The molecule has 0 aliphatic carbocycles. The van der Waals surface area contributed by atoms with Gasteiger partial charge in [0.15, 0.2) is 0 Å². The molecule has 7 aromatic rings. The molecule has 0 aliphatic heterocycles. The molecule has 0 N–H and O–H groups in total. The molecular weight excluding hydrogens is 510 g/mol. The fourth-order valence-corrected chi connectivity index (χ4v) is 5.47. The standard InChI is InChI=1S/C40H29NO/c1-4-12-29(13-5-1)22-24-37(31-16-8-3-9-17-31)41-28-35-20-11-21-39-40(35)36-27-34(23-25-38(36)42-39)33-19-10-18-32(26-33)30-14-6-2-7-15-30/h1-21,23-28H,22H2/b37-24-,41-28?. The van der Waals surface area contributed by atoms with E-state index in [1.807, 2.05) is 36.5 Å². The summed E-state index contributed by atoms with van der Waals surface area (Å²) in [5.74, 6) is 0. The lowest BCUT2D eigenvalue weighted by molar-refractivity contribution is 0.669. The number of fused-ring (bicyclic) bond motifs is 3. The van der Waals surface area contributed by atoms with Gasteiger partial charge < -0.3 is 4.42 Å². The van der Waals surface area contributed by atoms with E-state index >= 15 is 0 Å². The molecule has 0 bridgehead atoms. The van der Waals surface area contributed by atoms with Crippen LogP contribution in [0.15, 0.2) is 167 Å². The zero-order valence-corrected chi connectivity index (χ0v) is 23.2. The molecule has 42 heavy (non-hydrogen) atoms. The van der Waals surface area contributed by atoms with Gasteiger partial charge in [-0.25, -0.2) is 0 Å². The van der Waals surface area contributed by atoms with Crippen LogP contribution < -0.4 is 0 Å². The highest BCUT2D eigenvalue weighted by atomic mass is 16.3. The monoisotopic (exact) mass is 539 g/mol. The molecule has 200 valence electrons. The Hall–Kier alpha value is -5.47. The molecule has 0 radical (unpaired) electrons. The molecule has 0 saturated carbocycles. The van der Waals surface area contributed by atoms with Crippen LogP contribution in [0.3, 0.4) is 0 Å². The Morgan fingerprint density at radius 1 is 0.548 bits per heavy atom. The van der Waals surface area contributed by atoms with Crippen LogP contribution in [-0.4, -0.2) is 6.21 Å². The van der Waals surface area contributed by atoms with Crippen LogP contribution in [0.25, 0.3) is 49.9 Å². The quantitative estimate of drug-likeness (QED) is 0.185. The zero-order valence-electron chi connectivity index (χ0n) is 23.2. The topological polar surface area (TPSA) is 25.5 Å². The lowest BCUT2D eigenvalue weighted by Crippen LogP contribution is -1.88. The average molecular weight is 540 g/mol. The summed E-state index contributed by atoms with van der Waals surface area (Å²) in [5.41, 5.74) is 10.8. The predicted octanol–water partition coefficient (Wildman–Crippen LogP) is 10.6. The van der Waals surface area contributed by atoms with Crippen molar-refractivity contribution in [2.24, 2.45) is 4.99 Å². The summed E-state index contributed by atoms with van der Waals surface area (Å²) in [7, 11) is 0. The Morgan fingerprint density at radius 3 is 1.98 bits per heavy atom. The summed E-state index contributed by atoms with van der Waals surface area (Å²) in [5, 5.41) is 2.16. The summed E-state index contributed by atoms with van der Waals surface area (Å²) < 4.78 is 6.30. The van der Waals surface area contributed by atoms with E-state index in [-0.39, 0.29) is 0 Å². The SMILES string of the molecule is C(=N/C(=C\Cc1ccccc1)c1ccccc1)c1cccc2oc3ccc(-c4cccc(-c5ccccc5)c4)cc3c12. The minimum Gasteiger partial charge on any atom is -0.456 e. The number of allylic oxidation sites excluding steroid dienone is 1. The van der Waals surface area contributed by atoms with Crippen LogP contribution in [0, 0.1) is 0 Å². The smallest absolute Gasteiger partial charge is 0.136 e. The van der Waals surface area contributed by atoms with E-state index in [0.29, 0.717) is 0 Å². The third-order valence-electron chi connectivity index (χ3n) is 7.62. The Labute approximate surface area is 245 Å². The van der Waals surface area contributed by atoms with E-state index in [1.54, 1.807) is 0 Å². The second-order valence-corrected chi connectivity index (χ2v) is 10.4. The fourth-order valence-electron chi connectivity index (χ4n) is 5.47. The van der Waals surface area contributed by atoms with Gasteiger partial charge in [-0.15, -0.1) is 0 Å². The summed E-state index contributed by atoms with van der Waals surface area (Å²) >= 11 is 0. The molecule has 0 unspecified atom stereocenters. The maximum Gasteiger partial charge on any atom is 0.136 e. The Bertz CT molecular complexity index is 2030. The van der Waals surface area contributed by atoms with Crippen LogP contribution in [0.4, 0.5) is 0 Å². The molecule has 1 aromatic heterocycles. The normalized spacial score (nSPS) is 12.0. The van der Waals surface area contributed by atoms with Crippen molar-refractivity contribution in [1.29, 1.82) is 0 Å². The van der Waals surface area contributed by atoms with Gasteiger partial charge in [0.25, 0.3) is 0 Å². The van der Waals surface area contributed by atoms with Gasteiger partial charge in [-0.05, 0) is 64.1 Å². The van der Waals surface area contributed by atoms with Crippen LogP contribution >= 0.6 is 0 Å². The highest BCUT2D eigenvalue weighted by Crippen LogP contribution is 2.35. The summed E-state index contributed by atoms with van der Waals surface area (Å²) in [6.07, 6.45) is 4.99. The van der Waals surface area contributed by atoms with Gasteiger partial charge in [0.2, 0.25) is 0 Å². The van der Waals surface area contributed by atoms with Gasteiger partial charge in [0.05, 0.1) is 5.70 Å². The van der Waals surface area contributed by atoms with Crippen molar-refractivity contribution in [3.05, 3.63) is 174 Å². The first-order valence-electron chi connectivity index (χ1n) is 14.3. The first-order valence-corrected chi connectivity index (χ1v) is 14.3. The predicted molar refractivity (Wildman–Crippen MR) is 177 cm³/mol. The third kappa shape index (κ3) is 5.31. The van der Waals surface area contributed by atoms with Gasteiger partial charge in [-0.2, -0.15) is 0 Å². The van der Waals surface area contributed by atoms with Gasteiger partial charge in [0.1, 0.15) is 11.2 Å². The lowest BCUT2D eigenvalue weighted by atomic mass is 9.97. The Morgan fingerprint density at radius 2 is 1.19 bits per heavy atom. The van der Waals surface area contributed by atoms with Crippen molar-refractivity contribution in [1.82, 2.24) is 0 Å². The molecule has 0 amide bonds. The van der Waals surface area contributed by atoms with Crippen molar-refractivity contribution >= 4 is 33.9 Å².